The predicted octanol–water partition coefficient (Wildman–Crippen LogP) is 4.99. The van der Waals surface area contributed by atoms with Crippen LogP contribution in [0.4, 0.5) is 0 Å². The van der Waals surface area contributed by atoms with Gasteiger partial charge in [0.1, 0.15) is 5.75 Å². The highest BCUT2D eigenvalue weighted by Gasteiger charge is 2.15. The van der Waals surface area contributed by atoms with Crippen molar-refractivity contribution in [3.63, 3.8) is 0 Å². The Bertz CT molecular complexity index is 368. The SMILES string of the molecule is CCCCCCCOc1ccc(CCC(C)(C)CO)cc1. The maximum Gasteiger partial charge on any atom is 0.119 e. The first-order chi connectivity index (χ1) is 10.1. The lowest BCUT2D eigenvalue weighted by Gasteiger charge is -2.21. The number of aliphatic hydroxyl groups is 1. The van der Waals surface area contributed by atoms with Gasteiger partial charge in [-0.05, 0) is 42.4 Å². The van der Waals surface area contributed by atoms with Gasteiger partial charge in [-0.3, -0.25) is 0 Å². The molecule has 1 aromatic rings. The molecule has 0 radical (unpaired) electrons. The van der Waals surface area contributed by atoms with Gasteiger partial charge in [-0.1, -0.05) is 58.6 Å². The zero-order chi connectivity index (χ0) is 15.6. The fourth-order valence-corrected chi connectivity index (χ4v) is 2.21. The molecule has 0 atom stereocenters. The molecular formula is C19H32O2. The summed E-state index contributed by atoms with van der Waals surface area (Å²) in [4.78, 5) is 0. The highest BCUT2D eigenvalue weighted by atomic mass is 16.5. The number of unbranched alkanes of at least 4 members (excludes halogenated alkanes) is 4. The maximum atomic E-state index is 9.27. The summed E-state index contributed by atoms with van der Waals surface area (Å²) < 4.78 is 5.77. The van der Waals surface area contributed by atoms with E-state index in [9.17, 15) is 5.11 Å². The molecule has 0 amide bonds. The van der Waals surface area contributed by atoms with E-state index >= 15 is 0 Å². The van der Waals surface area contributed by atoms with Crippen LogP contribution < -0.4 is 4.74 Å². The molecule has 0 saturated heterocycles. The highest BCUT2D eigenvalue weighted by Crippen LogP contribution is 2.23. The maximum absolute atomic E-state index is 9.27. The molecule has 0 aliphatic heterocycles. The van der Waals surface area contributed by atoms with E-state index in [-0.39, 0.29) is 12.0 Å². The molecule has 0 unspecified atom stereocenters. The number of benzene rings is 1. The fourth-order valence-electron chi connectivity index (χ4n) is 2.21. The number of rotatable bonds is 11. The summed E-state index contributed by atoms with van der Waals surface area (Å²) >= 11 is 0. The Morgan fingerprint density at radius 1 is 1.00 bits per heavy atom. The first-order valence-corrected chi connectivity index (χ1v) is 8.40. The Labute approximate surface area is 130 Å². The molecule has 0 heterocycles. The van der Waals surface area contributed by atoms with E-state index in [2.05, 4.69) is 45.0 Å². The summed E-state index contributed by atoms with van der Waals surface area (Å²) in [5.74, 6) is 0.968. The lowest BCUT2D eigenvalue weighted by Crippen LogP contribution is -2.17. The first-order valence-electron chi connectivity index (χ1n) is 8.40. The van der Waals surface area contributed by atoms with Crippen molar-refractivity contribution < 1.29 is 9.84 Å². The molecule has 0 spiro atoms. The monoisotopic (exact) mass is 292 g/mol. The van der Waals surface area contributed by atoms with Gasteiger partial charge in [-0.2, -0.15) is 0 Å². The normalized spacial score (nSPS) is 11.6. The molecule has 1 rings (SSSR count). The Balaban J connectivity index is 2.24. The smallest absolute Gasteiger partial charge is 0.119 e. The van der Waals surface area contributed by atoms with Crippen LogP contribution in [0.5, 0.6) is 5.75 Å². The van der Waals surface area contributed by atoms with E-state index < -0.39 is 0 Å². The molecule has 2 heteroatoms. The second-order valence-electron chi connectivity index (χ2n) is 6.73. The lowest BCUT2D eigenvalue weighted by atomic mass is 9.87. The van der Waals surface area contributed by atoms with Crippen LogP contribution in [0.3, 0.4) is 0 Å². The number of aliphatic hydroxyl groups excluding tert-OH is 1. The minimum Gasteiger partial charge on any atom is -0.494 e. The molecule has 0 saturated carbocycles. The Morgan fingerprint density at radius 3 is 2.29 bits per heavy atom. The predicted molar refractivity (Wildman–Crippen MR) is 89.9 cm³/mol. The van der Waals surface area contributed by atoms with Gasteiger partial charge in [0, 0.05) is 6.61 Å². The van der Waals surface area contributed by atoms with Crippen molar-refractivity contribution in [2.45, 2.75) is 65.7 Å². The highest BCUT2D eigenvalue weighted by molar-refractivity contribution is 5.27. The topological polar surface area (TPSA) is 29.5 Å². The summed E-state index contributed by atoms with van der Waals surface area (Å²) in [7, 11) is 0. The molecule has 0 aromatic heterocycles. The van der Waals surface area contributed by atoms with Gasteiger partial charge >= 0.3 is 0 Å². The van der Waals surface area contributed by atoms with E-state index in [1.54, 1.807) is 0 Å². The average Bonchev–Trinajstić information content (AvgIpc) is 2.50. The van der Waals surface area contributed by atoms with Gasteiger partial charge < -0.3 is 9.84 Å². The summed E-state index contributed by atoms with van der Waals surface area (Å²) in [6.45, 7) is 7.50. The number of aryl methyl sites for hydroxylation is 1. The van der Waals surface area contributed by atoms with E-state index in [1.807, 2.05) is 0 Å². The molecule has 0 aliphatic carbocycles. The third-order valence-corrected chi connectivity index (χ3v) is 3.96. The van der Waals surface area contributed by atoms with Crippen LogP contribution in [0.25, 0.3) is 0 Å². The molecule has 0 fully saturated rings. The van der Waals surface area contributed by atoms with Crippen LogP contribution in [0.2, 0.25) is 0 Å². The van der Waals surface area contributed by atoms with E-state index in [4.69, 9.17) is 4.74 Å². The summed E-state index contributed by atoms with van der Waals surface area (Å²) in [5.41, 5.74) is 1.32. The fraction of sp³-hybridized carbons (Fsp3) is 0.684. The van der Waals surface area contributed by atoms with E-state index in [0.717, 1.165) is 31.6 Å². The van der Waals surface area contributed by atoms with Crippen LogP contribution in [0, 0.1) is 5.41 Å². The molecule has 1 aromatic carbocycles. The van der Waals surface area contributed by atoms with Crippen LogP contribution in [0.15, 0.2) is 24.3 Å². The van der Waals surface area contributed by atoms with Crippen molar-refractivity contribution in [2.75, 3.05) is 13.2 Å². The zero-order valence-corrected chi connectivity index (χ0v) is 14.0. The third kappa shape index (κ3) is 8.11. The molecular weight excluding hydrogens is 260 g/mol. The van der Waals surface area contributed by atoms with Crippen molar-refractivity contribution in [3.05, 3.63) is 29.8 Å². The lowest BCUT2D eigenvalue weighted by molar-refractivity contribution is 0.151. The molecule has 21 heavy (non-hydrogen) atoms. The largest absolute Gasteiger partial charge is 0.494 e. The van der Waals surface area contributed by atoms with E-state index in [0.29, 0.717) is 0 Å². The zero-order valence-electron chi connectivity index (χ0n) is 14.0. The van der Waals surface area contributed by atoms with Crippen LogP contribution in [-0.2, 0) is 6.42 Å². The van der Waals surface area contributed by atoms with Crippen LogP contribution >= 0.6 is 0 Å². The molecule has 2 nitrogen and oxygen atoms in total. The van der Waals surface area contributed by atoms with Crippen molar-refractivity contribution >= 4 is 0 Å². The Kier molecular flexibility index (Phi) is 8.44. The number of hydrogen-bond acceptors (Lipinski definition) is 2. The second kappa shape index (κ2) is 9.83. The third-order valence-electron chi connectivity index (χ3n) is 3.96. The minimum atomic E-state index is 0.00760. The molecule has 0 bridgehead atoms. The molecule has 0 aliphatic rings. The standard InChI is InChI=1S/C19H32O2/c1-4-5-6-7-8-15-21-18-11-9-17(10-12-18)13-14-19(2,3)16-20/h9-12,20H,4-8,13-16H2,1-3H3. The summed E-state index contributed by atoms with van der Waals surface area (Å²) in [5, 5.41) is 9.27. The second-order valence-corrected chi connectivity index (χ2v) is 6.73. The van der Waals surface area contributed by atoms with Gasteiger partial charge in [-0.15, -0.1) is 0 Å². The number of hydrogen-bond donors (Lipinski definition) is 1. The van der Waals surface area contributed by atoms with Crippen molar-refractivity contribution in [1.29, 1.82) is 0 Å². The average molecular weight is 292 g/mol. The van der Waals surface area contributed by atoms with Crippen LogP contribution in [-0.4, -0.2) is 18.3 Å². The number of ether oxygens (including phenoxy) is 1. The van der Waals surface area contributed by atoms with E-state index in [1.165, 1.54) is 31.2 Å². The van der Waals surface area contributed by atoms with Gasteiger partial charge in [0.15, 0.2) is 0 Å². The Hall–Kier alpha value is -1.02. The summed E-state index contributed by atoms with van der Waals surface area (Å²) in [6, 6.07) is 8.40. The van der Waals surface area contributed by atoms with Gasteiger partial charge in [-0.25, -0.2) is 0 Å². The minimum absolute atomic E-state index is 0.00760. The van der Waals surface area contributed by atoms with Gasteiger partial charge in [0.2, 0.25) is 0 Å². The molecule has 120 valence electrons. The first kappa shape index (κ1) is 18.0. The molecule has 1 N–H and O–H groups in total. The van der Waals surface area contributed by atoms with Crippen molar-refractivity contribution in [2.24, 2.45) is 5.41 Å². The summed E-state index contributed by atoms with van der Waals surface area (Å²) in [6.07, 6.45) is 8.36. The van der Waals surface area contributed by atoms with Gasteiger partial charge in [0.25, 0.3) is 0 Å². The van der Waals surface area contributed by atoms with Crippen LogP contribution in [0.1, 0.15) is 64.9 Å². The van der Waals surface area contributed by atoms with Crippen molar-refractivity contribution in [3.8, 4) is 5.75 Å². The van der Waals surface area contributed by atoms with Gasteiger partial charge in [0.05, 0.1) is 6.61 Å². The Morgan fingerprint density at radius 2 is 1.67 bits per heavy atom. The quantitative estimate of drug-likeness (QED) is 0.582. The van der Waals surface area contributed by atoms with Crippen molar-refractivity contribution in [1.82, 2.24) is 0 Å².